The van der Waals surface area contributed by atoms with Gasteiger partial charge in [0.15, 0.2) is 14.9 Å². The molecule has 5 rings (SSSR count). The molecule has 4 aromatic rings. The Bertz CT molecular complexity index is 1420. The predicted molar refractivity (Wildman–Crippen MR) is 118 cm³/mol. The number of hydrogen-bond acceptors (Lipinski definition) is 6. The summed E-state index contributed by atoms with van der Waals surface area (Å²) in [5, 5.41) is 16.1. The van der Waals surface area contributed by atoms with Crippen molar-refractivity contribution in [2.75, 3.05) is 6.26 Å². The number of benzene rings is 1. The Morgan fingerprint density at radius 3 is 2.81 bits per heavy atom. The molecule has 0 aliphatic heterocycles. The number of imidazole rings is 1. The van der Waals surface area contributed by atoms with Crippen LogP contribution in [-0.4, -0.2) is 49.7 Å². The van der Waals surface area contributed by atoms with E-state index < -0.39 is 15.4 Å². The van der Waals surface area contributed by atoms with Crippen molar-refractivity contribution in [1.29, 1.82) is 0 Å². The Balaban J connectivity index is 1.67. The number of aliphatic hydroxyl groups is 1. The smallest absolute Gasteiger partial charge is 0.195 e. The van der Waals surface area contributed by atoms with Crippen molar-refractivity contribution in [2.24, 2.45) is 0 Å². The predicted octanol–water partition coefficient (Wildman–Crippen LogP) is 3.36. The van der Waals surface area contributed by atoms with E-state index in [9.17, 15) is 13.5 Å². The highest BCUT2D eigenvalue weighted by Gasteiger charge is 2.35. The van der Waals surface area contributed by atoms with Gasteiger partial charge in [-0.15, -0.1) is 0 Å². The maximum Gasteiger partial charge on any atom is 0.195 e. The first kappa shape index (κ1) is 20.4. The summed E-state index contributed by atoms with van der Waals surface area (Å²) in [6, 6.07) is 7.31. The largest absolute Gasteiger partial charge is 0.390 e. The molecule has 1 fully saturated rings. The molecule has 1 saturated carbocycles. The van der Waals surface area contributed by atoms with Gasteiger partial charge in [-0.1, -0.05) is 11.6 Å². The number of rotatable bonds is 4. The molecule has 0 amide bonds. The number of nitrogens with zero attached hydrogens (tertiary/aromatic N) is 5. The maximum atomic E-state index is 12.3. The highest BCUT2D eigenvalue weighted by atomic mass is 35.5. The van der Waals surface area contributed by atoms with E-state index in [-0.39, 0.29) is 17.6 Å². The van der Waals surface area contributed by atoms with Crippen LogP contribution in [0.25, 0.3) is 21.9 Å². The van der Waals surface area contributed by atoms with Gasteiger partial charge in [0.05, 0.1) is 34.9 Å². The molecule has 3 aromatic heterocycles. The summed E-state index contributed by atoms with van der Waals surface area (Å²) in [7, 11) is -3.51. The van der Waals surface area contributed by atoms with Crippen molar-refractivity contribution in [3.05, 3.63) is 47.5 Å². The number of aromatic nitrogens is 5. The molecule has 1 aliphatic rings. The fourth-order valence-electron chi connectivity index (χ4n) is 4.57. The molecule has 0 saturated heterocycles. The number of halogens is 1. The SMILES string of the molecule is C[C@]1(O)CC[C@@H](n2c(Cn3nc(S(C)(=O)=O)c4ccncc43)nc3cc(Cl)ccc32)C1. The summed E-state index contributed by atoms with van der Waals surface area (Å²) < 4.78 is 28.3. The van der Waals surface area contributed by atoms with E-state index in [1.54, 1.807) is 23.1 Å². The van der Waals surface area contributed by atoms with Gasteiger partial charge in [-0.25, -0.2) is 13.4 Å². The van der Waals surface area contributed by atoms with Gasteiger partial charge in [-0.05, 0) is 50.5 Å². The van der Waals surface area contributed by atoms with Crippen molar-refractivity contribution in [3.63, 3.8) is 0 Å². The summed E-state index contributed by atoms with van der Waals surface area (Å²) in [6.45, 7) is 2.12. The zero-order valence-corrected chi connectivity index (χ0v) is 18.7. The summed E-state index contributed by atoms with van der Waals surface area (Å²) in [6.07, 6.45) is 6.46. The highest BCUT2D eigenvalue weighted by molar-refractivity contribution is 7.90. The Morgan fingerprint density at radius 2 is 2.10 bits per heavy atom. The van der Waals surface area contributed by atoms with E-state index in [0.717, 1.165) is 29.5 Å². The Kier molecular flexibility index (Phi) is 4.62. The first-order valence-corrected chi connectivity index (χ1v) is 12.3. The van der Waals surface area contributed by atoms with Crippen molar-refractivity contribution in [1.82, 2.24) is 24.3 Å². The van der Waals surface area contributed by atoms with Crippen molar-refractivity contribution in [2.45, 2.75) is 49.4 Å². The van der Waals surface area contributed by atoms with Gasteiger partial charge in [0.2, 0.25) is 0 Å². The Hall–Kier alpha value is -2.49. The van der Waals surface area contributed by atoms with Gasteiger partial charge in [0.1, 0.15) is 5.82 Å². The maximum absolute atomic E-state index is 12.3. The average Bonchev–Trinajstić information content (AvgIpc) is 3.34. The molecule has 1 aliphatic carbocycles. The van der Waals surface area contributed by atoms with Crippen LogP contribution < -0.4 is 0 Å². The van der Waals surface area contributed by atoms with Crippen LogP contribution in [0.15, 0.2) is 41.7 Å². The van der Waals surface area contributed by atoms with Gasteiger partial charge >= 0.3 is 0 Å². The fraction of sp³-hybridized carbons (Fsp3) is 0.381. The summed E-state index contributed by atoms with van der Waals surface area (Å²) in [4.78, 5) is 8.96. The van der Waals surface area contributed by atoms with Crippen LogP contribution >= 0.6 is 11.6 Å². The quantitative estimate of drug-likeness (QED) is 0.502. The van der Waals surface area contributed by atoms with E-state index in [0.29, 0.717) is 28.8 Å². The second-order valence-electron chi connectivity index (χ2n) is 8.55. The minimum atomic E-state index is -3.51. The lowest BCUT2D eigenvalue weighted by atomic mass is 10.1. The number of pyridine rings is 1. The molecule has 0 bridgehead atoms. The van der Waals surface area contributed by atoms with Gasteiger partial charge < -0.3 is 9.67 Å². The van der Waals surface area contributed by atoms with Crippen LogP contribution in [0.3, 0.4) is 0 Å². The Morgan fingerprint density at radius 1 is 1.29 bits per heavy atom. The topological polar surface area (TPSA) is 103 Å². The Labute approximate surface area is 184 Å². The zero-order valence-electron chi connectivity index (χ0n) is 17.2. The molecular formula is C21H22ClN5O3S. The highest BCUT2D eigenvalue weighted by Crippen LogP contribution is 2.40. The summed E-state index contributed by atoms with van der Waals surface area (Å²) in [5.74, 6) is 0.730. The van der Waals surface area contributed by atoms with Crippen molar-refractivity contribution in [3.8, 4) is 0 Å². The molecule has 8 nitrogen and oxygen atoms in total. The first-order valence-electron chi connectivity index (χ1n) is 10.0. The van der Waals surface area contributed by atoms with Crippen LogP contribution in [0.5, 0.6) is 0 Å². The first-order chi connectivity index (χ1) is 14.6. The van der Waals surface area contributed by atoms with E-state index in [4.69, 9.17) is 16.6 Å². The van der Waals surface area contributed by atoms with Crippen LogP contribution in [-0.2, 0) is 16.4 Å². The van der Waals surface area contributed by atoms with Crippen LogP contribution in [0, 0.1) is 0 Å². The lowest BCUT2D eigenvalue weighted by Gasteiger charge is -2.19. The van der Waals surface area contributed by atoms with E-state index >= 15 is 0 Å². The minimum Gasteiger partial charge on any atom is -0.390 e. The molecule has 0 spiro atoms. The van der Waals surface area contributed by atoms with E-state index in [1.807, 2.05) is 25.1 Å². The fourth-order valence-corrected chi connectivity index (χ4v) is 5.55. The van der Waals surface area contributed by atoms with E-state index in [1.165, 1.54) is 0 Å². The molecule has 31 heavy (non-hydrogen) atoms. The monoisotopic (exact) mass is 459 g/mol. The van der Waals surface area contributed by atoms with Crippen LogP contribution in [0.1, 0.15) is 38.1 Å². The van der Waals surface area contributed by atoms with Gasteiger partial charge in [0, 0.05) is 28.9 Å². The van der Waals surface area contributed by atoms with Gasteiger partial charge in [-0.2, -0.15) is 5.10 Å². The molecule has 10 heteroatoms. The standard InChI is InChI=1S/C21H22ClN5O3S/c1-21(28)7-5-14(10-21)27-17-4-3-13(22)9-16(17)24-19(27)12-26-18-11-23-8-6-15(18)20(25-26)31(2,29)30/h3-4,6,8-9,11,14,28H,5,7,10,12H2,1-2H3/t14-,21+/m1/s1. The lowest BCUT2D eigenvalue weighted by Crippen LogP contribution is -2.20. The molecule has 162 valence electrons. The van der Waals surface area contributed by atoms with Crippen molar-refractivity contribution < 1.29 is 13.5 Å². The van der Waals surface area contributed by atoms with Gasteiger partial charge in [-0.3, -0.25) is 9.67 Å². The van der Waals surface area contributed by atoms with Crippen LogP contribution in [0.2, 0.25) is 5.02 Å². The van der Waals surface area contributed by atoms with Crippen LogP contribution in [0.4, 0.5) is 0 Å². The molecule has 2 atom stereocenters. The average molecular weight is 460 g/mol. The third-order valence-electron chi connectivity index (χ3n) is 5.94. The zero-order chi connectivity index (χ0) is 22.0. The molecular weight excluding hydrogens is 438 g/mol. The van der Waals surface area contributed by atoms with Crippen molar-refractivity contribution >= 4 is 43.4 Å². The molecule has 3 heterocycles. The third-order valence-corrected chi connectivity index (χ3v) is 7.18. The molecule has 1 N–H and O–H groups in total. The summed E-state index contributed by atoms with van der Waals surface area (Å²) >= 11 is 6.20. The molecule has 1 aromatic carbocycles. The second-order valence-corrected chi connectivity index (χ2v) is 10.9. The van der Waals surface area contributed by atoms with Gasteiger partial charge in [0.25, 0.3) is 0 Å². The number of hydrogen-bond donors (Lipinski definition) is 1. The molecule has 0 unspecified atom stereocenters. The summed E-state index contributed by atoms with van der Waals surface area (Å²) in [5.41, 5.74) is 1.58. The molecule has 0 radical (unpaired) electrons. The van der Waals surface area contributed by atoms with E-state index in [2.05, 4.69) is 14.6 Å². The third kappa shape index (κ3) is 3.60. The number of sulfone groups is 1. The normalized spacial score (nSPS) is 22.0. The minimum absolute atomic E-state index is 0.0272. The second kappa shape index (κ2) is 7.01. The lowest BCUT2D eigenvalue weighted by molar-refractivity contribution is 0.0641. The number of fused-ring (bicyclic) bond motifs is 2.